The lowest BCUT2D eigenvalue weighted by Gasteiger charge is -2.22. The first-order valence-corrected chi connectivity index (χ1v) is 11.2. The summed E-state index contributed by atoms with van der Waals surface area (Å²) in [5.74, 6) is -0.765. The summed E-state index contributed by atoms with van der Waals surface area (Å²) in [6.07, 6.45) is 0. The number of benzene rings is 1. The second kappa shape index (κ2) is 8.47. The molecule has 0 radical (unpaired) electrons. The van der Waals surface area contributed by atoms with Crippen LogP contribution in [0, 0.1) is 0 Å². The molecule has 0 aliphatic heterocycles. The minimum Gasteiger partial charge on any atom is -0.399 e. The highest BCUT2D eigenvalue weighted by Crippen LogP contribution is 2.27. The van der Waals surface area contributed by atoms with Crippen LogP contribution in [0.4, 0.5) is 11.4 Å². The van der Waals surface area contributed by atoms with Gasteiger partial charge in [0.15, 0.2) is 9.84 Å². The van der Waals surface area contributed by atoms with Crippen molar-refractivity contribution in [3.05, 3.63) is 18.2 Å². The van der Waals surface area contributed by atoms with E-state index in [1.807, 2.05) is 0 Å². The van der Waals surface area contributed by atoms with Gasteiger partial charge in [-0.1, -0.05) is 0 Å². The first kappa shape index (κ1) is 22.6. The molecule has 0 spiro atoms. The lowest BCUT2D eigenvalue weighted by molar-refractivity contribution is 0.274. The van der Waals surface area contributed by atoms with Gasteiger partial charge in [-0.2, -0.15) is 16.8 Å². The summed E-state index contributed by atoms with van der Waals surface area (Å²) < 4.78 is 92.1. The molecule has 150 valence electrons. The Balaban J connectivity index is 3.01. The summed E-state index contributed by atoms with van der Waals surface area (Å²) in [6.45, 7) is -1.37. The fourth-order valence-corrected chi connectivity index (χ4v) is 3.92. The fraction of sp³-hybridized carbons (Fsp3) is 0.455. The summed E-state index contributed by atoms with van der Waals surface area (Å²) in [5.41, 5.74) is 5.84. The predicted octanol–water partition coefficient (Wildman–Crippen LogP) is -0.882. The summed E-state index contributed by atoms with van der Waals surface area (Å²) in [5, 5.41) is 0. The largest absolute Gasteiger partial charge is 0.399 e. The zero-order chi connectivity index (χ0) is 20.2. The number of likely N-dealkylation sites (N-methyl/N-ethyl adjacent to an activating group) is 1. The van der Waals surface area contributed by atoms with E-state index in [2.05, 4.69) is 8.37 Å². The van der Waals surface area contributed by atoms with E-state index in [1.165, 1.54) is 24.1 Å². The highest BCUT2D eigenvalue weighted by Gasteiger charge is 2.22. The van der Waals surface area contributed by atoms with Crippen molar-refractivity contribution < 1.29 is 42.7 Å². The van der Waals surface area contributed by atoms with Crippen molar-refractivity contribution in [3.8, 4) is 0 Å². The minimum absolute atomic E-state index is 0.103. The van der Waals surface area contributed by atoms with Crippen LogP contribution in [0.1, 0.15) is 0 Å². The summed E-state index contributed by atoms with van der Waals surface area (Å²) >= 11 is 0. The van der Waals surface area contributed by atoms with Crippen molar-refractivity contribution in [2.45, 2.75) is 4.90 Å². The standard InChI is InChI=1S/C11H18N2O10S3/c1-13(4-5-22-25(16,17)18)10-3-2-9(12)8-11(10)24(14,15)7-6-23-26(19,20)21/h2-3,8H,4-7,12H2,1H3,(H,16,17,18)(H,19,20,21). The van der Waals surface area contributed by atoms with Crippen LogP contribution in [0.25, 0.3) is 0 Å². The highest BCUT2D eigenvalue weighted by atomic mass is 32.3. The van der Waals surface area contributed by atoms with E-state index < -0.39 is 49.6 Å². The number of rotatable bonds is 10. The van der Waals surface area contributed by atoms with Crippen molar-refractivity contribution in [3.63, 3.8) is 0 Å². The van der Waals surface area contributed by atoms with E-state index in [-0.39, 0.29) is 22.8 Å². The van der Waals surface area contributed by atoms with E-state index in [0.29, 0.717) is 0 Å². The Morgan fingerprint density at radius 2 is 1.54 bits per heavy atom. The number of nitrogens with zero attached hydrogens (tertiary/aromatic N) is 1. The Morgan fingerprint density at radius 1 is 1.00 bits per heavy atom. The molecule has 0 fully saturated rings. The van der Waals surface area contributed by atoms with Gasteiger partial charge in [-0.15, -0.1) is 0 Å². The zero-order valence-electron chi connectivity index (χ0n) is 13.5. The van der Waals surface area contributed by atoms with Crippen LogP contribution in [0.15, 0.2) is 23.1 Å². The first-order valence-electron chi connectivity index (χ1n) is 6.78. The molecule has 1 aromatic rings. The van der Waals surface area contributed by atoms with Gasteiger partial charge in [0, 0.05) is 19.3 Å². The number of hydrogen-bond donors (Lipinski definition) is 3. The van der Waals surface area contributed by atoms with Crippen molar-refractivity contribution in [1.82, 2.24) is 0 Å². The third kappa shape index (κ3) is 7.81. The number of hydrogen-bond acceptors (Lipinski definition) is 10. The van der Waals surface area contributed by atoms with Gasteiger partial charge in [-0.3, -0.25) is 9.11 Å². The van der Waals surface area contributed by atoms with Crippen LogP contribution in [-0.4, -0.2) is 66.9 Å². The van der Waals surface area contributed by atoms with Gasteiger partial charge in [0.05, 0.1) is 29.5 Å². The zero-order valence-corrected chi connectivity index (χ0v) is 15.9. The number of sulfone groups is 1. The topological polar surface area (TPSA) is 191 Å². The summed E-state index contributed by atoms with van der Waals surface area (Å²) in [4.78, 5) is 1.08. The number of nitrogen functional groups attached to an aromatic ring is 1. The summed E-state index contributed by atoms with van der Waals surface area (Å²) in [6, 6.07) is 3.90. The smallest absolute Gasteiger partial charge is 0.397 e. The van der Waals surface area contributed by atoms with Gasteiger partial charge in [0.1, 0.15) is 0 Å². The molecule has 0 saturated carbocycles. The normalized spacial score (nSPS) is 12.9. The average molecular weight is 434 g/mol. The molecule has 0 aliphatic rings. The fourth-order valence-electron chi connectivity index (χ4n) is 1.85. The SMILES string of the molecule is CN(CCOS(=O)(=O)O)c1ccc(N)cc1S(=O)(=O)CCOS(=O)(=O)O. The van der Waals surface area contributed by atoms with Gasteiger partial charge in [-0.05, 0) is 18.2 Å². The molecule has 0 amide bonds. The lowest BCUT2D eigenvalue weighted by atomic mass is 10.2. The van der Waals surface area contributed by atoms with Crippen LogP contribution in [0.2, 0.25) is 0 Å². The maximum atomic E-state index is 12.4. The Labute approximate surface area is 151 Å². The molecule has 4 N–H and O–H groups in total. The number of nitrogens with two attached hydrogens (primary N) is 1. The molecule has 12 nitrogen and oxygen atoms in total. The Kier molecular flexibility index (Phi) is 7.34. The van der Waals surface area contributed by atoms with E-state index >= 15 is 0 Å². The second-order valence-electron chi connectivity index (χ2n) is 4.97. The maximum absolute atomic E-state index is 12.4. The van der Waals surface area contributed by atoms with Crippen LogP contribution in [0.5, 0.6) is 0 Å². The Bertz CT molecular complexity index is 940. The van der Waals surface area contributed by atoms with Crippen LogP contribution < -0.4 is 10.6 Å². The molecule has 26 heavy (non-hydrogen) atoms. The first-order chi connectivity index (χ1) is 11.7. The molecule has 0 atom stereocenters. The maximum Gasteiger partial charge on any atom is 0.397 e. The monoisotopic (exact) mass is 434 g/mol. The molecule has 0 bridgehead atoms. The van der Waals surface area contributed by atoms with Crippen molar-refractivity contribution in [2.75, 3.05) is 43.2 Å². The van der Waals surface area contributed by atoms with E-state index in [1.54, 1.807) is 0 Å². The minimum atomic E-state index is -4.79. The molecular formula is C11H18N2O10S3. The van der Waals surface area contributed by atoms with E-state index in [9.17, 15) is 25.3 Å². The molecule has 0 heterocycles. The third-order valence-corrected chi connectivity index (χ3v) is 5.60. The van der Waals surface area contributed by atoms with Gasteiger partial charge in [0.25, 0.3) is 0 Å². The van der Waals surface area contributed by atoms with Crippen molar-refractivity contribution in [2.24, 2.45) is 0 Å². The van der Waals surface area contributed by atoms with Crippen LogP contribution >= 0.6 is 0 Å². The molecule has 0 saturated heterocycles. The van der Waals surface area contributed by atoms with Crippen LogP contribution in [-0.2, 0) is 39.0 Å². The number of anilines is 2. The summed E-state index contributed by atoms with van der Waals surface area (Å²) in [7, 11) is -12.0. The molecular weight excluding hydrogens is 416 g/mol. The quantitative estimate of drug-likeness (QED) is 0.305. The van der Waals surface area contributed by atoms with Gasteiger partial charge < -0.3 is 10.6 Å². The Hall–Kier alpha value is -1.49. The molecule has 0 aliphatic carbocycles. The predicted molar refractivity (Wildman–Crippen MR) is 91.2 cm³/mol. The molecule has 0 unspecified atom stereocenters. The molecule has 0 aromatic heterocycles. The third-order valence-electron chi connectivity index (χ3n) is 2.97. The highest BCUT2D eigenvalue weighted by molar-refractivity contribution is 7.91. The molecule has 1 aromatic carbocycles. The van der Waals surface area contributed by atoms with E-state index in [4.69, 9.17) is 14.8 Å². The molecule has 15 heteroatoms. The van der Waals surface area contributed by atoms with Crippen LogP contribution in [0.3, 0.4) is 0 Å². The van der Waals surface area contributed by atoms with Gasteiger partial charge in [0.2, 0.25) is 0 Å². The Morgan fingerprint density at radius 3 is 2.08 bits per heavy atom. The van der Waals surface area contributed by atoms with Crippen molar-refractivity contribution >= 4 is 42.0 Å². The van der Waals surface area contributed by atoms with Gasteiger partial charge in [-0.25, -0.2) is 16.8 Å². The van der Waals surface area contributed by atoms with Gasteiger partial charge >= 0.3 is 20.8 Å². The van der Waals surface area contributed by atoms with Crippen molar-refractivity contribution in [1.29, 1.82) is 0 Å². The lowest BCUT2D eigenvalue weighted by Crippen LogP contribution is -2.26. The average Bonchev–Trinajstić information content (AvgIpc) is 2.44. The molecule has 1 rings (SSSR count). The van der Waals surface area contributed by atoms with E-state index in [0.717, 1.165) is 6.07 Å². The second-order valence-corrected chi connectivity index (χ2v) is 9.23.